The highest BCUT2D eigenvalue weighted by Crippen LogP contribution is 2.34. The lowest BCUT2D eigenvalue weighted by atomic mass is 10.1. The summed E-state index contributed by atoms with van der Waals surface area (Å²) in [5.41, 5.74) is 1.86. The molecule has 3 amide bonds. The number of carbonyl (C=O) groups excluding carboxylic acids is 3. The highest BCUT2D eigenvalue weighted by atomic mass is 32.2. The fourth-order valence-electron chi connectivity index (χ4n) is 3.87. The molecule has 0 spiro atoms. The van der Waals surface area contributed by atoms with Gasteiger partial charge in [0, 0.05) is 37.4 Å². The van der Waals surface area contributed by atoms with Crippen LogP contribution in [0.15, 0.2) is 59.5 Å². The summed E-state index contributed by atoms with van der Waals surface area (Å²) in [5, 5.41) is -0.423. The Hall–Kier alpha value is -3.26. The number of nitrogens with zero attached hydrogens (tertiary/aromatic N) is 3. The number of ether oxygens (including phenoxy) is 1. The normalized spacial score (nSPS) is 18.5. The largest absolute Gasteiger partial charge is 0.490 e. The molecule has 0 bridgehead atoms. The number of para-hydroxylation sites is 2. The topological polar surface area (TPSA) is 70.2 Å². The summed E-state index contributed by atoms with van der Waals surface area (Å²) in [6.45, 7) is 6.32. The molecule has 34 heavy (non-hydrogen) atoms. The minimum Gasteiger partial charge on any atom is -0.490 e. The van der Waals surface area contributed by atoms with Crippen LogP contribution in [-0.2, 0) is 9.59 Å². The van der Waals surface area contributed by atoms with Crippen LogP contribution in [0.2, 0.25) is 0 Å². The molecule has 2 saturated heterocycles. The van der Waals surface area contributed by atoms with Gasteiger partial charge in [0.05, 0.1) is 11.0 Å². The van der Waals surface area contributed by atoms with Crippen molar-refractivity contribution in [3.05, 3.63) is 65.1 Å². The zero-order valence-electron chi connectivity index (χ0n) is 19.5. The predicted molar refractivity (Wildman–Crippen MR) is 135 cm³/mol. The average molecular weight is 480 g/mol. The van der Waals surface area contributed by atoms with E-state index in [2.05, 4.69) is 17.0 Å². The van der Waals surface area contributed by atoms with Crippen LogP contribution < -0.4 is 9.64 Å². The van der Waals surface area contributed by atoms with Crippen molar-refractivity contribution in [1.29, 1.82) is 0 Å². The van der Waals surface area contributed by atoms with Crippen molar-refractivity contribution in [3.63, 3.8) is 0 Å². The Morgan fingerprint density at radius 1 is 1.03 bits per heavy atom. The van der Waals surface area contributed by atoms with Gasteiger partial charge in [-0.1, -0.05) is 43.3 Å². The van der Waals surface area contributed by atoms with Crippen molar-refractivity contribution in [2.45, 2.75) is 26.4 Å². The van der Waals surface area contributed by atoms with E-state index in [9.17, 15) is 14.4 Å². The van der Waals surface area contributed by atoms with E-state index >= 15 is 0 Å². The summed E-state index contributed by atoms with van der Waals surface area (Å²) in [7, 11) is 0. The van der Waals surface area contributed by atoms with E-state index in [1.165, 1.54) is 0 Å². The first-order chi connectivity index (χ1) is 16.5. The summed E-state index contributed by atoms with van der Waals surface area (Å²) in [6.07, 6.45) is 2.56. The molecule has 1 atom stereocenters. The van der Waals surface area contributed by atoms with Crippen molar-refractivity contribution in [3.8, 4) is 5.75 Å². The summed E-state index contributed by atoms with van der Waals surface area (Å²) in [4.78, 5) is 43.7. The molecule has 0 unspecified atom stereocenters. The van der Waals surface area contributed by atoms with E-state index in [1.54, 1.807) is 11.0 Å². The molecule has 178 valence electrons. The van der Waals surface area contributed by atoms with E-state index in [-0.39, 0.29) is 18.6 Å². The number of benzene rings is 2. The second kappa shape index (κ2) is 10.8. The summed E-state index contributed by atoms with van der Waals surface area (Å²) in [5.74, 6) is 0.0115. The number of amides is 3. The van der Waals surface area contributed by atoms with Crippen LogP contribution in [0.25, 0.3) is 6.08 Å². The molecular formula is C26H29N3O4S. The number of hydrogen-bond acceptors (Lipinski definition) is 6. The molecule has 2 aliphatic rings. The number of rotatable bonds is 7. The number of hydrogen-bond donors (Lipinski definition) is 0. The first-order valence-electron chi connectivity index (χ1n) is 11.5. The van der Waals surface area contributed by atoms with Crippen molar-refractivity contribution in [2.24, 2.45) is 0 Å². The van der Waals surface area contributed by atoms with Gasteiger partial charge in [0.1, 0.15) is 12.3 Å². The van der Waals surface area contributed by atoms with Gasteiger partial charge in [-0.05, 0) is 49.4 Å². The molecule has 4 rings (SSSR count). The number of anilines is 1. The molecule has 0 saturated carbocycles. The second-order valence-corrected chi connectivity index (χ2v) is 9.34. The molecular weight excluding hydrogens is 450 g/mol. The van der Waals surface area contributed by atoms with E-state index in [1.807, 2.05) is 56.3 Å². The molecule has 0 aliphatic carbocycles. The Bertz CT molecular complexity index is 1080. The maximum absolute atomic E-state index is 13.0. The fraction of sp³-hybridized carbons (Fsp3) is 0.346. The Morgan fingerprint density at radius 2 is 1.71 bits per heavy atom. The molecule has 2 heterocycles. The monoisotopic (exact) mass is 479 g/mol. The summed E-state index contributed by atoms with van der Waals surface area (Å²) < 4.78 is 5.95. The second-order valence-electron chi connectivity index (χ2n) is 8.35. The van der Waals surface area contributed by atoms with Gasteiger partial charge in [-0.15, -0.1) is 0 Å². The lowest BCUT2D eigenvalue weighted by Crippen LogP contribution is -2.51. The third-order valence-electron chi connectivity index (χ3n) is 6.03. The van der Waals surface area contributed by atoms with Gasteiger partial charge in [0.15, 0.2) is 0 Å². The third-order valence-corrected chi connectivity index (χ3v) is 6.94. The fourth-order valence-corrected chi connectivity index (χ4v) is 4.70. The molecule has 0 N–H and O–H groups in total. The quantitative estimate of drug-likeness (QED) is 0.553. The van der Waals surface area contributed by atoms with Gasteiger partial charge in [0.2, 0.25) is 5.91 Å². The molecule has 0 radical (unpaired) electrons. The molecule has 2 aromatic rings. The standard InChI is InChI=1S/C26H29N3O4S/c1-3-19(2)33-22-12-8-7-9-20(22)17-23-25(31)29(26(32)34-23)18-24(30)28-15-13-27(14-16-28)21-10-5-4-6-11-21/h4-12,17,19H,3,13-16,18H2,1-2H3/b23-17+/t19-/m0/s1. The number of piperazine rings is 1. The smallest absolute Gasteiger partial charge is 0.294 e. The van der Waals surface area contributed by atoms with E-state index in [0.717, 1.165) is 34.3 Å². The summed E-state index contributed by atoms with van der Waals surface area (Å²) >= 11 is 0.860. The first-order valence-corrected chi connectivity index (χ1v) is 12.4. The highest BCUT2D eigenvalue weighted by molar-refractivity contribution is 8.18. The Labute approximate surface area is 204 Å². The van der Waals surface area contributed by atoms with Gasteiger partial charge in [-0.3, -0.25) is 19.3 Å². The number of imide groups is 1. The van der Waals surface area contributed by atoms with Crippen LogP contribution in [0.5, 0.6) is 5.75 Å². The van der Waals surface area contributed by atoms with Gasteiger partial charge in [-0.25, -0.2) is 0 Å². The van der Waals surface area contributed by atoms with E-state index in [0.29, 0.717) is 36.8 Å². The van der Waals surface area contributed by atoms with Crippen LogP contribution in [0.4, 0.5) is 10.5 Å². The Balaban J connectivity index is 1.39. The van der Waals surface area contributed by atoms with Crippen LogP contribution in [0.1, 0.15) is 25.8 Å². The highest BCUT2D eigenvalue weighted by Gasteiger charge is 2.37. The molecule has 0 aromatic heterocycles. The lowest BCUT2D eigenvalue weighted by Gasteiger charge is -2.36. The van der Waals surface area contributed by atoms with Crippen molar-refractivity contribution in [2.75, 3.05) is 37.6 Å². The van der Waals surface area contributed by atoms with Gasteiger partial charge < -0.3 is 14.5 Å². The molecule has 7 nitrogen and oxygen atoms in total. The Kier molecular flexibility index (Phi) is 7.57. The van der Waals surface area contributed by atoms with E-state index in [4.69, 9.17) is 4.74 Å². The number of thioether (sulfide) groups is 1. The minimum absolute atomic E-state index is 0.0320. The minimum atomic E-state index is -0.440. The predicted octanol–water partition coefficient (Wildman–Crippen LogP) is 4.25. The van der Waals surface area contributed by atoms with Gasteiger partial charge >= 0.3 is 0 Å². The SMILES string of the molecule is CC[C@H](C)Oc1ccccc1/C=C1/SC(=O)N(CC(=O)N2CCN(c3ccccc3)CC2)C1=O. The van der Waals surface area contributed by atoms with Gasteiger partial charge in [-0.2, -0.15) is 0 Å². The van der Waals surface area contributed by atoms with Crippen molar-refractivity contribution >= 4 is 40.6 Å². The molecule has 2 aromatic carbocycles. The van der Waals surface area contributed by atoms with Crippen molar-refractivity contribution < 1.29 is 19.1 Å². The van der Waals surface area contributed by atoms with Gasteiger partial charge in [0.25, 0.3) is 11.1 Å². The third kappa shape index (κ3) is 5.44. The summed E-state index contributed by atoms with van der Waals surface area (Å²) in [6, 6.07) is 17.5. The molecule has 8 heteroatoms. The van der Waals surface area contributed by atoms with Crippen LogP contribution in [0, 0.1) is 0 Å². The van der Waals surface area contributed by atoms with Crippen molar-refractivity contribution in [1.82, 2.24) is 9.80 Å². The lowest BCUT2D eigenvalue weighted by molar-refractivity contribution is -0.136. The molecule has 2 aliphatic heterocycles. The van der Waals surface area contributed by atoms with Crippen LogP contribution in [-0.4, -0.2) is 65.7 Å². The Morgan fingerprint density at radius 3 is 2.41 bits per heavy atom. The maximum Gasteiger partial charge on any atom is 0.294 e. The zero-order chi connectivity index (χ0) is 24.1. The maximum atomic E-state index is 13.0. The van der Waals surface area contributed by atoms with E-state index < -0.39 is 11.1 Å². The van der Waals surface area contributed by atoms with Crippen LogP contribution in [0.3, 0.4) is 0 Å². The first kappa shape index (κ1) is 23.9. The van der Waals surface area contributed by atoms with Crippen LogP contribution >= 0.6 is 11.8 Å². The zero-order valence-corrected chi connectivity index (χ0v) is 20.3. The number of carbonyl (C=O) groups is 3. The molecule has 2 fully saturated rings. The average Bonchev–Trinajstić information content (AvgIpc) is 3.13.